The van der Waals surface area contributed by atoms with Gasteiger partial charge >= 0.3 is 0 Å². The van der Waals surface area contributed by atoms with Crippen molar-refractivity contribution in [3.63, 3.8) is 0 Å². The van der Waals surface area contributed by atoms with Crippen LogP contribution in [0.3, 0.4) is 0 Å². The summed E-state index contributed by atoms with van der Waals surface area (Å²) in [5.41, 5.74) is 2.36. The van der Waals surface area contributed by atoms with Gasteiger partial charge in [-0.2, -0.15) is 4.39 Å². The van der Waals surface area contributed by atoms with Gasteiger partial charge in [0, 0.05) is 5.56 Å². The molecule has 2 aromatic carbocycles. The van der Waals surface area contributed by atoms with E-state index in [0.29, 0.717) is 17.4 Å². The topological polar surface area (TPSA) is 9.23 Å². The van der Waals surface area contributed by atoms with Crippen LogP contribution in [0.2, 0.25) is 0 Å². The fourth-order valence-electron chi connectivity index (χ4n) is 5.96. The largest absolute Gasteiger partial charge is 0.487 e. The first kappa shape index (κ1) is 23.3. The van der Waals surface area contributed by atoms with Crippen LogP contribution in [0, 0.1) is 23.5 Å². The van der Waals surface area contributed by atoms with Crippen LogP contribution in [0.25, 0.3) is 11.1 Å². The first-order valence-electron chi connectivity index (χ1n) is 12.8. The number of halogens is 2. The van der Waals surface area contributed by atoms with Crippen LogP contribution in [0.4, 0.5) is 8.78 Å². The summed E-state index contributed by atoms with van der Waals surface area (Å²) in [5.74, 6) is 0.511. The highest BCUT2D eigenvalue weighted by Gasteiger charge is 2.27. The van der Waals surface area contributed by atoms with E-state index in [4.69, 9.17) is 4.74 Å². The fraction of sp³-hybridized carbons (Fsp3) is 0.586. The van der Waals surface area contributed by atoms with Gasteiger partial charge in [0.25, 0.3) is 0 Å². The molecule has 4 rings (SSSR count). The average molecular weight is 441 g/mol. The normalized spacial score (nSPS) is 25.8. The third-order valence-electron chi connectivity index (χ3n) is 7.77. The third-order valence-corrected chi connectivity index (χ3v) is 7.77. The van der Waals surface area contributed by atoms with Crippen molar-refractivity contribution < 1.29 is 13.5 Å². The molecule has 0 amide bonds. The standard InChI is InChI=1S/C29H38F2O/c1-3-5-20-7-10-22(11-8-20)23-12-14-24(15-13-23)26-17-18-27(29(31)28(26)30)32-25-16-9-21(19-25)6-4-2/h12-15,17-18,20-22,25H,3-11,16,19H2,1-2H3. The summed E-state index contributed by atoms with van der Waals surface area (Å²) < 4.78 is 35.6. The molecule has 2 atom stereocenters. The molecule has 2 aliphatic rings. The second-order valence-electron chi connectivity index (χ2n) is 10.1. The van der Waals surface area contributed by atoms with Crippen molar-refractivity contribution in [1.82, 2.24) is 0 Å². The molecule has 0 aliphatic heterocycles. The number of hydrogen-bond acceptors (Lipinski definition) is 1. The van der Waals surface area contributed by atoms with Gasteiger partial charge in [0.2, 0.25) is 5.82 Å². The van der Waals surface area contributed by atoms with E-state index in [1.165, 1.54) is 50.5 Å². The van der Waals surface area contributed by atoms with Crippen molar-refractivity contribution in [2.45, 2.75) is 96.5 Å². The number of rotatable bonds is 8. The SMILES string of the molecule is CCCC1CCC(c2ccc(-c3ccc(OC4CCC(CCC)C4)c(F)c3F)cc2)CC1. The zero-order valence-electron chi connectivity index (χ0n) is 19.7. The highest BCUT2D eigenvalue weighted by atomic mass is 19.2. The predicted octanol–water partition coefficient (Wildman–Crippen LogP) is 9.05. The quantitative estimate of drug-likeness (QED) is 0.398. The maximum atomic E-state index is 14.9. The van der Waals surface area contributed by atoms with Gasteiger partial charge in [-0.25, -0.2) is 4.39 Å². The number of hydrogen-bond donors (Lipinski definition) is 0. The van der Waals surface area contributed by atoms with Gasteiger partial charge in [0.05, 0.1) is 6.10 Å². The average Bonchev–Trinajstić information content (AvgIpc) is 3.25. The Hall–Kier alpha value is -1.90. The van der Waals surface area contributed by atoms with Crippen molar-refractivity contribution in [3.8, 4) is 16.9 Å². The zero-order chi connectivity index (χ0) is 22.5. The van der Waals surface area contributed by atoms with Crippen molar-refractivity contribution in [2.75, 3.05) is 0 Å². The molecule has 0 heterocycles. The van der Waals surface area contributed by atoms with Crippen molar-refractivity contribution >= 4 is 0 Å². The molecule has 2 aromatic rings. The molecule has 2 fully saturated rings. The smallest absolute Gasteiger partial charge is 0.201 e. The lowest BCUT2D eigenvalue weighted by molar-refractivity contribution is 0.192. The summed E-state index contributed by atoms with van der Waals surface area (Å²) in [4.78, 5) is 0. The lowest BCUT2D eigenvalue weighted by Crippen LogP contribution is -2.14. The maximum Gasteiger partial charge on any atom is 0.201 e. The molecule has 2 saturated carbocycles. The Kier molecular flexibility index (Phi) is 7.86. The van der Waals surface area contributed by atoms with Gasteiger partial charge in [0.1, 0.15) is 0 Å². The second-order valence-corrected chi connectivity index (χ2v) is 10.1. The van der Waals surface area contributed by atoms with Crippen LogP contribution in [-0.2, 0) is 0 Å². The first-order chi connectivity index (χ1) is 15.6. The second kappa shape index (κ2) is 10.8. The summed E-state index contributed by atoms with van der Waals surface area (Å²) in [7, 11) is 0. The van der Waals surface area contributed by atoms with E-state index in [0.717, 1.165) is 37.2 Å². The summed E-state index contributed by atoms with van der Waals surface area (Å²) in [6.07, 6.45) is 13.0. The molecule has 0 spiro atoms. The van der Waals surface area contributed by atoms with E-state index in [9.17, 15) is 8.78 Å². The van der Waals surface area contributed by atoms with Crippen LogP contribution in [0.1, 0.15) is 96.0 Å². The first-order valence-corrected chi connectivity index (χ1v) is 12.8. The summed E-state index contributed by atoms with van der Waals surface area (Å²) in [6.45, 7) is 4.45. The molecule has 0 aromatic heterocycles. The van der Waals surface area contributed by atoms with Gasteiger partial charge in [-0.05, 0) is 86.0 Å². The van der Waals surface area contributed by atoms with Crippen LogP contribution >= 0.6 is 0 Å². The molecular weight excluding hydrogens is 402 g/mol. The van der Waals surface area contributed by atoms with Crippen LogP contribution in [0.5, 0.6) is 5.75 Å². The highest BCUT2D eigenvalue weighted by molar-refractivity contribution is 5.65. The molecule has 3 heteroatoms. The predicted molar refractivity (Wildman–Crippen MR) is 128 cm³/mol. The van der Waals surface area contributed by atoms with Gasteiger partial charge in [-0.1, -0.05) is 63.8 Å². The maximum absolute atomic E-state index is 14.9. The van der Waals surface area contributed by atoms with E-state index in [1.807, 2.05) is 12.1 Å². The minimum atomic E-state index is -0.861. The fourth-order valence-corrected chi connectivity index (χ4v) is 5.96. The van der Waals surface area contributed by atoms with Gasteiger partial charge in [-0.3, -0.25) is 0 Å². The summed E-state index contributed by atoms with van der Waals surface area (Å²) in [6, 6.07) is 11.4. The lowest BCUT2D eigenvalue weighted by atomic mass is 9.77. The summed E-state index contributed by atoms with van der Waals surface area (Å²) >= 11 is 0. The zero-order valence-corrected chi connectivity index (χ0v) is 19.7. The van der Waals surface area contributed by atoms with E-state index in [1.54, 1.807) is 12.1 Å². The molecule has 0 radical (unpaired) electrons. The molecule has 0 N–H and O–H groups in total. The Bertz CT molecular complexity index is 867. The van der Waals surface area contributed by atoms with Gasteiger partial charge in [-0.15, -0.1) is 0 Å². The van der Waals surface area contributed by atoms with E-state index in [-0.39, 0.29) is 11.9 Å². The Morgan fingerprint density at radius 2 is 1.41 bits per heavy atom. The third kappa shape index (κ3) is 5.35. The Balaban J connectivity index is 1.41. The molecule has 2 aliphatic carbocycles. The number of benzene rings is 2. The molecule has 174 valence electrons. The van der Waals surface area contributed by atoms with E-state index >= 15 is 0 Å². The monoisotopic (exact) mass is 440 g/mol. The van der Waals surface area contributed by atoms with E-state index in [2.05, 4.69) is 26.0 Å². The number of ether oxygens (including phenoxy) is 1. The van der Waals surface area contributed by atoms with Crippen molar-refractivity contribution in [1.29, 1.82) is 0 Å². The molecule has 0 bridgehead atoms. The Labute approximate surface area is 192 Å². The van der Waals surface area contributed by atoms with E-state index < -0.39 is 11.6 Å². The molecule has 32 heavy (non-hydrogen) atoms. The lowest BCUT2D eigenvalue weighted by Gasteiger charge is -2.28. The van der Waals surface area contributed by atoms with Crippen LogP contribution in [-0.4, -0.2) is 6.10 Å². The van der Waals surface area contributed by atoms with Crippen LogP contribution < -0.4 is 4.74 Å². The van der Waals surface area contributed by atoms with Crippen molar-refractivity contribution in [3.05, 3.63) is 53.6 Å². The van der Waals surface area contributed by atoms with Gasteiger partial charge < -0.3 is 4.74 Å². The summed E-state index contributed by atoms with van der Waals surface area (Å²) in [5, 5.41) is 0. The minimum Gasteiger partial charge on any atom is -0.487 e. The minimum absolute atomic E-state index is 0.00185. The van der Waals surface area contributed by atoms with Crippen LogP contribution in [0.15, 0.2) is 36.4 Å². The molecule has 2 unspecified atom stereocenters. The Morgan fingerprint density at radius 3 is 2.09 bits per heavy atom. The molecule has 0 saturated heterocycles. The Morgan fingerprint density at radius 1 is 0.750 bits per heavy atom. The molecular formula is C29H38F2O. The van der Waals surface area contributed by atoms with Crippen molar-refractivity contribution in [2.24, 2.45) is 11.8 Å². The highest BCUT2D eigenvalue weighted by Crippen LogP contribution is 2.39. The molecule has 1 nitrogen and oxygen atoms in total. The van der Waals surface area contributed by atoms with Gasteiger partial charge in [0.15, 0.2) is 11.6 Å².